The number of rotatable bonds is 4. The van der Waals surface area contributed by atoms with Gasteiger partial charge >= 0.3 is 6.36 Å². The summed E-state index contributed by atoms with van der Waals surface area (Å²) in [6.07, 6.45) is -4.87. The maximum atomic E-state index is 12.0. The smallest absolute Gasteiger partial charge is 0.404 e. The Morgan fingerprint density at radius 3 is 2.40 bits per heavy atom. The second-order valence-corrected chi connectivity index (χ2v) is 3.93. The van der Waals surface area contributed by atoms with E-state index in [-0.39, 0.29) is 17.8 Å². The molecule has 0 radical (unpaired) electrons. The van der Waals surface area contributed by atoms with Crippen molar-refractivity contribution in [3.63, 3.8) is 0 Å². The van der Waals surface area contributed by atoms with Crippen LogP contribution in [0.15, 0.2) is 18.2 Å². The number of likely N-dealkylation sites (N-methyl/N-ethyl adjacent to an activating group) is 1. The molecule has 0 bridgehead atoms. The third-order valence-corrected chi connectivity index (χ3v) is 2.22. The highest BCUT2D eigenvalue weighted by molar-refractivity contribution is 5.97. The number of nitrogen functional groups attached to an aromatic ring is 1. The van der Waals surface area contributed by atoms with Crippen molar-refractivity contribution >= 4 is 17.5 Å². The first-order chi connectivity index (χ1) is 9.10. The normalized spacial score (nSPS) is 11.0. The van der Waals surface area contributed by atoms with Gasteiger partial charge in [0.2, 0.25) is 5.91 Å². The third kappa shape index (κ3) is 4.34. The van der Waals surface area contributed by atoms with Crippen molar-refractivity contribution in [1.82, 2.24) is 4.90 Å². The van der Waals surface area contributed by atoms with Crippen molar-refractivity contribution in [3.05, 3.63) is 23.8 Å². The van der Waals surface area contributed by atoms with E-state index in [0.29, 0.717) is 0 Å². The molecule has 0 aliphatic carbocycles. The van der Waals surface area contributed by atoms with Gasteiger partial charge in [-0.25, -0.2) is 0 Å². The summed E-state index contributed by atoms with van der Waals surface area (Å²) in [6, 6.07) is 3.06. The van der Waals surface area contributed by atoms with E-state index in [0.717, 1.165) is 23.1 Å². The van der Waals surface area contributed by atoms with Gasteiger partial charge in [0.1, 0.15) is 0 Å². The predicted octanol–water partition coefficient (Wildman–Crippen LogP) is 0.725. The van der Waals surface area contributed by atoms with Crippen LogP contribution >= 0.6 is 0 Å². The number of carbonyl (C=O) groups excluding carboxylic acids is 2. The van der Waals surface area contributed by atoms with Crippen LogP contribution in [-0.2, 0) is 4.79 Å². The van der Waals surface area contributed by atoms with Crippen LogP contribution in [-0.4, -0.2) is 36.7 Å². The lowest BCUT2D eigenvalue weighted by Crippen LogP contribution is -2.35. The van der Waals surface area contributed by atoms with E-state index in [2.05, 4.69) is 4.74 Å². The van der Waals surface area contributed by atoms with Crippen molar-refractivity contribution in [2.45, 2.75) is 6.36 Å². The number of benzene rings is 1. The minimum Gasteiger partial charge on any atom is -0.404 e. The Morgan fingerprint density at radius 1 is 1.35 bits per heavy atom. The van der Waals surface area contributed by atoms with E-state index in [9.17, 15) is 22.8 Å². The van der Waals surface area contributed by atoms with Gasteiger partial charge in [-0.1, -0.05) is 0 Å². The van der Waals surface area contributed by atoms with Crippen molar-refractivity contribution < 1.29 is 27.5 Å². The molecule has 110 valence electrons. The summed E-state index contributed by atoms with van der Waals surface area (Å²) in [5, 5.41) is 0. The Morgan fingerprint density at radius 2 is 1.95 bits per heavy atom. The summed E-state index contributed by atoms with van der Waals surface area (Å²) >= 11 is 0. The van der Waals surface area contributed by atoms with Gasteiger partial charge in [-0.3, -0.25) is 9.59 Å². The molecule has 2 amide bonds. The summed E-state index contributed by atoms with van der Waals surface area (Å²) in [5.41, 5.74) is 9.98. The first-order valence-corrected chi connectivity index (χ1v) is 5.29. The summed E-state index contributed by atoms with van der Waals surface area (Å²) in [4.78, 5) is 23.5. The number of amides is 2. The third-order valence-electron chi connectivity index (χ3n) is 2.22. The number of hydrogen-bond donors (Lipinski definition) is 2. The number of hydrogen-bond acceptors (Lipinski definition) is 4. The molecule has 0 unspecified atom stereocenters. The van der Waals surface area contributed by atoms with Crippen molar-refractivity contribution in [3.8, 4) is 5.75 Å². The molecule has 9 heteroatoms. The standard InChI is InChI=1S/C11H12F3N3O3/c1-17(5-9(16)18)10(19)6-2-3-8(7(15)4-6)20-11(12,13)14/h2-4H,5,15H2,1H3,(H2,16,18). The SMILES string of the molecule is CN(CC(N)=O)C(=O)c1ccc(OC(F)(F)F)c(N)c1. The number of alkyl halides is 3. The Bertz CT molecular complexity index is 531. The molecule has 0 heterocycles. The Balaban J connectivity index is 2.92. The van der Waals surface area contributed by atoms with Crippen molar-refractivity contribution in [1.29, 1.82) is 0 Å². The number of halogens is 3. The molecular weight excluding hydrogens is 279 g/mol. The number of nitrogens with two attached hydrogens (primary N) is 2. The first kappa shape index (κ1) is 15.6. The van der Waals surface area contributed by atoms with Gasteiger partial charge in [0, 0.05) is 12.6 Å². The highest BCUT2D eigenvalue weighted by Gasteiger charge is 2.32. The molecule has 4 N–H and O–H groups in total. The van der Waals surface area contributed by atoms with Gasteiger partial charge in [0.25, 0.3) is 5.91 Å². The fourth-order valence-electron chi connectivity index (χ4n) is 1.43. The highest BCUT2D eigenvalue weighted by atomic mass is 19.4. The van der Waals surface area contributed by atoms with Crippen LogP contribution < -0.4 is 16.2 Å². The lowest BCUT2D eigenvalue weighted by atomic mass is 10.1. The number of carbonyl (C=O) groups is 2. The Kier molecular flexibility index (Phi) is 4.43. The Hall–Kier alpha value is -2.45. The molecule has 1 aromatic rings. The topological polar surface area (TPSA) is 98.6 Å². The average molecular weight is 291 g/mol. The van der Waals surface area contributed by atoms with Gasteiger partial charge < -0.3 is 21.1 Å². The summed E-state index contributed by atoms with van der Waals surface area (Å²) < 4.78 is 39.8. The molecule has 0 saturated heterocycles. The van der Waals surface area contributed by atoms with Crippen LogP contribution in [0.4, 0.5) is 18.9 Å². The van der Waals surface area contributed by atoms with E-state index in [1.807, 2.05) is 0 Å². The van der Waals surface area contributed by atoms with E-state index in [1.54, 1.807) is 0 Å². The van der Waals surface area contributed by atoms with E-state index >= 15 is 0 Å². The van der Waals surface area contributed by atoms with Gasteiger partial charge in [-0.2, -0.15) is 0 Å². The second kappa shape index (κ2) is 5.68. The predicted molar refractivity (Wildman–Crippen MR) is 63.7 cm³/mol. The number of nitrogens with zero attached hydrogens (tertiary/aromatic N) is 1. The van der Waals surface area contributed by atoms with E-state index < -0.39 is 23.9 Å². The molecule has 1 aromatic carbocycles. The quantitative estimate of drug-likeness (QED) is 0.799. The van der Waals surface area contributed by atoms with Crippen LogP contribution in [0.5, 0.6) is 5.75 Å². The molecule has 0 aliphatic heterocycles. The van der Waals surface area contributed by atoms with Gasteiger partial charge in [-0.15, -0.1) is 13.2 Å². The van der Waals surface area contributed by atoms with Gasteiger partial charge in [0.15, 0.2) is 5.75 Å². The van der Waals surface area contributed by atoms with Crippen molar-refractivity contribution in [2.24, 2.45) is 5.73 Å². The zero-order valence-electron chi connectivity index (χ0n) is 10.4. The highest BCUT2D eigenvalue weighted by Crippen LogP contribution is 2.29. The van der Waals surface area contributed by atoms with Gasteiger partial charge in [0.05, 0.1) is 12.2 Å². The molecule has 20 heavy (non-hydrogen) atoms. The molecule has 6 nitrogen and oxygen atoms in total. The summed E-state index contributed by atoms with van der Waals surface area (Å²) in [7, 11) is 1.32. The first-order valence-electron chi connectivity index (χ1n) is 5.29. The van der Waals surface area contributed by atoms with E-state index in [4.69, 9.17) is 11.5 Å². The largest absolute Gasteiger partial charge is 0.573 e. The van der Waals surface area contributed by atoms with Crippen LogP contribution in [0, 0.1) is 0 Å². The molecule has 0 saturated carbocycles. The molecule has 0 aromatic heterocycles. The molecule has 1 rings (SSSR count). The second-order valence-electron chi connectivity index (χ2n) is 3.93. The maximum Gasteiger partial charge on any atom is 0.573 e. The van der Waals surface area contributed by atoms with Gasteiger partial charge in [-0.05, 0) is 18.2 Å². The summed E-state index contributed by atoms with van der Waals surface area (Å²) in [5.74, 6) is -1.92. The lowest BCUT2D eigenvalue weighted by molar-refractivity contribution is -0.274. The molecule has 0 atom stereocenters. The summed E-state index contributed by atoms with van der Waals surface area (Å²) in [6.45, 7) is -0.320. The molecule has 0 fully saturated rings. The van der Waals surface area contributed by atoms with E-state index in [1.165, 1.54) is 7.05 Å². The molecule has 0 spiro atoms. The van der Waals surface area contributed by atoms with Crippen LogP contribution in [0.3, 0.4) is 0 Å². The molecule has 0 aliphatic rings. The minimum absolute atomic E-state index is 0.0146. The lowest BCUT2D eigenvalue weighted by Gasteiger charge is -2.16. The van der Waals surface area contributed by atoms with Crippen LogP contribution in [0.25, 0.3) is 0 Å². The fourth-order valence-corrected chi connectivity index (χ4v) is 1.43. The number of primary amides is 1. The van der Waals surface area contributed by atoms with Crippen LogP contribution in [0.2, 0.25) is 0 Å². The monoisotopic (exact) mass is 291 g/mol. The average Bonchev–Trinajstić information content (AvgIpc) is 2.28. The maximum absolute atomic E-state index is 12.0. The fraction of sp³-hybridized carbons (Fsp3) is 0.273. The Labute approximate surface area is 112 Å². The number of ether oxygens (including phenoxy) is 1. The zero-order chi connectivity index (χ0) is 15.5. The van der Waals surface area contributed by atoms with Crippen LogP contribution in [0.1, 0.15) is 10.4 Å². The number of anilines is 1. The molecular formula is C11H12F3N3O3. The van der Waals surface area contributed by atoms with Crippen molar-refractivity contribution in [2.75, 3.05) is 19.3 Å². The minimum atomic E-state index is -4.87. The zero-order valence-corrected chi connectivity index (χ0v) is 10.4.